The number of rotatable bonds is 3. The lowest BCUT2D eigenvalue weighted by Crippen LogP contribution is -2.33. The molecule has 0 bridgehead atoms. The van der Waals surface area contributed by atoms with Crippen LogP contribution in [0, 0.1) is 6.92 Å². The normalized spacial score (nSPS) is 13.9. The van der Waals surface area contributed by atoms with E-state index in [9.17, 15) is 13.2 Å². The van der Waals surface area contributed by atoms with Crippen molar-refractivity contribution in [2.24, 2.45) is 0 Å². The minimum Gasteiger partial charge on any atom is -0.303 e. The van der Waals surface area contributed by atoms with Crippen LogP contribution in [0.5, 0.6) is 0 Å². The maximum Gasteiger partial charge on any atom is 0.407 e. The Morgan fingerprint density at radius 1 is 1.20 bits per heavy atom. The molecule has 0 radical (unpaired) electrons. The molecule has 0 heterocycles. The zero-order chi connectivity index (χ0) is 11.5. The predicted molar refractivity (Wildman–Crippen MR) is 53.7 cm³/mol. The van der Waals surface area contributed by atoms with Gasteiger partial charge < -0.3 is 5.32 Å². The highest BCUT2D eigenvalue weighted by Gasteiger charge is 2.39. The first-order chi connectivity index (χ1) is 6.95. The minimum absolute atomic E-state index is 0.259. The summed E-state index contributed by atoms with van der Waals surface area (Å²) in [6.07, 6.45) is -4.24. The third-order valence-corrected chi connectivity index (χ3v) is 2.15. The van der Waals surface area contributed by atoms with Crippen LogP contribution in [-0.4, -0.2) is 12.7 Å². The van der Waals surface area contributed by atoms with Crippen molar-refractivity contribution in [2.45, 2.75) is 26.1 Å². The molecule has 4 heteroatoms. The van der Waals surface area contributed by atoms with Crippen molar-refractivity contribution in [3.63, 3.8) is 0 Å². The number of aryl methyl sites for hydroxylation is 1. The molecule has 0 aliphatic carbocycles. The van der Waals surface area contributed by atoms with Crippen LogP contribution in [0.4, 0.5) is 13.2 Å². The van der Waals surface area contributed by atoms with Crippen LogP contribution < -0.4 is 5.32 Å². The van der Waals surface area contributed by atoms with Gasteiger partial charge in [0.1, 0.15) is 6.04 Å². The van der Waals surface area contributed by atoms with Gasteiger partial charge in [0.2, 0.25) is 0 Å². The maximum atomic E-state index is 12.6. The summed E-state index contributed by atoms with van der Waals surface area (Å²) in [7, 11) is 0. The van der Waals surface area contributed by atoms with E-state index >= 15 is 0 Å². The topological polar surface area (TPSA) is 12.0 Å². The Bertz CT molecular complexity index is 303. The predicted octanol–water partition coefficient (Wildman–Crippen LogP) is 3.21. The lowest BCUT2D eigenvalue weighted by atomic mass is 10.0. The van der Waals surface area contributed by atoms with E-state index in [0.717, 1.165) is 5.56 Å². The van der Waals surface area contributed by atoms with Gasteiger partial charge in [-0.2, -0.15) is 13.2 Å². The summed E-state index contributed by atoms with van der Waals surface area (Å²) in [5.41, 5.74) is 1.21. The molecule has 0 aromatic heterocycles. The van der Waals surface area contributed by atoms with Gasteiger partial charge in [-0.3, -0.25) is 0 Å². The summed E-state index contributed by atoms with van der Waals surface area (Å²) in [5.74, 6) is 0. The van der Waals surface area contributed by atoms with Gasteiger partial charge in [-0.1, -0.05) is 36.8 Å². The Morgan fingerprint density at radius 2 is 1.73 bits per heavy atom. The molecule has 1 atom stereocenters. The van der Waals surface area contributed by atoms with Crippen LogP contribution in [0.1, 0.15) is 24.1 Å². The smallest absolute Gasteiger partial charge is 0.303 e. The van der Waals surface area contributed by atoms with Gasteiger partial charge >= 0.3 is 6.18 Å². The van der Waals surface area contributed by atoms with Crippen LogP contribution in [-0.2, 0) is 0 Å². The number of hydrogen-bond acceptors (Lipinski definition) is 1. The summed E-state index contributed by atoms with van der Waals surface area (Å²) >= 11 is 0. The highest BCUT2D eigenvalue weighted by atomic mass is 19.4. The molecule has 84 valence electrons. The van der Waals surface area contributed by atoms with Crippen LogP contribution >= 0.6 is 0 Å². The van der Waals surface area contributed by atoms with E-state index in [4.69, 9.17) is 0 Å². The molecule has 0 unspecified atom stereocenters. The zero-order valence-electron chi connectivity index (χ0n) is 8.73. The third-order valence-electron chi connectivity index (χ3n) is 2.15. The monoisotopic (exact) mass is 217 g/mol. The molecule has 0 aliphatic rings. The summed E-state index contributed by atoms with van der Waals surface area (Å²) in [4.78, 5) is 0. The Balaban J connectivity index is 2.94. The van der Waals surface area contributed by atoms with Crippen molar-refractivity contribution in [3.05, 3.63) is 35.4 Å². The average molecular weight is 217 g/mol. The van der Waals surface area contributed by atoms with Crippen molar-refractivity contribution >= 4 is 0 Å². The zero-order valence-corrected chi connectivity index (χ0v) is 8.73. The first kappa shape index (κ1) is 12.0. The van der Waals surface area contributed by atoms with Crippen molar-refractivity contribution in [1.82, 2.24) is 5.32 Å². The molecule has 1 nitrogen and oxygen atoms in total. The molecular formula is C11H14F3N. The number of benzene rings is 1. The molecule has 0 fully saturated rings. The first-order valence-corrected chi connectivity index (χ1v) is 4.81. The number of hydrogen-bond donors (Lipinski definition) is 1. The Kier molecular flexibility index (Phi) is 3.74. The van der Waals surface area contributed by atoms with Gasteiger partial charge in [-0.05, 0) is 19.0 Å². The number of nitrogens with one attached hydrogen (secondary N) is 1. The van der Waals surface area contributed by atoms with E-state index in [1.165, 1.54) is 12.1 Å². The summed E-state index contributed by atoms with van der Waals surface area (Å²) < 4.78 is 37.9. The molecule has 0 saturated heterocycles. The third kappa shape index (κ3) is 3.23. The van der Waals surface area contributed by atoms with Gasteiger partial charge in [0.25, 0.3) is 0 Å². The fourth-order valence-corrected chi connectivity index (χ4v) is 1.39. The fraction of sp³-hybridized carbons (Fsp3) is 0.455. The van der Waals surface area contributed by atoms with E-state index in [0.29, 0.717) is 0 Å². The summed E-state index contributed by atoms with van der Waals surface area (Å²) in [6.45, 7) is 3.80. The Hall–Kier alpha value is -1.03. The average Bonchev–Trinajstić information content (AvgIpc) is 2.14. The van der Waals surface area contributed by atoms with Crippen LogP contribution in [0.15, 0.2) is 24.3 Å². The van der Waals surface area contributed by atoms with E-state index in [-0.39, 0.29) is 12.1 Å². The van der Waals surface area contributed by atoms with E-state index < -0.39 is 12.2 Å². The highest BCUT2D eigenvalue weighted by Crippen LogP contribution is 2.32. The second kappa shape index (κ2) is 4.66. The lowest BCUT2D eigenvalue weighted by molar-refractivity contribution is -0.157. The second-order valence-electron chi connectivity index (χ2n) is 3.44. The standard InChI is InChI=1S/C11H14F3N/c1-3-15-10(11(12,13)14)9-6-4-8(2)5-7-9/h4-7,10,15H,3H2,1-2H3/t10-/m1/s1. The SMILES string of the molecule is CCN[C@H](c1ccc(C)cc1)C(F)(F)F. The lowest BCUT2D eigenvalue weighted by Gasteiger charge is -2.21. The van der Waals surface area contributed by atoms with E-state index in [2.05, 4.69) is 5.32 Å². The van der Waals surface area contributed by atoms with Crippen molar-refractivity contribution in [2.75, 3.05) is 6.54 Å². The molecule has 15 heavy (non-hydrogen) atoms. The molecule has 0 saturated carbocycles. The van der Waals surface area contributed by atoms with E-state index in [1.54, 1.807) is 19.1 Å². The van der Waals surface area contributed by atoms with Crippen LogP contribution in [0.3, 0.4) is 0 Å². The van der Waals surface area contributed by atoms with Gasteiger partial charge in [0.05, 0.1) is 0 Å². The summed E-state index contributed by atoms with van der Waals surface area (Å²) in [6, 6.07) is 4.83. The van der Waals surface area contributed by atoms with Crippen LogP contribution in [0.25, 0.3) is 0 Å². The molecule has 1 N–H and O–H groups in total. The Morgan fingerprint density at radius 3 is 2.13 bits per heavy atom. The fourth-order valence-electron chi connectivity index (χ4n) is 1.39. The van der Waals surface area contributed by atoms with Gasteiger partial charge in [0, 0.05) is 0 Å². The molecular weight excluding hydrogens is 203 g/mol. The number of alkyl halides is 3. The molecule has 1 aromatic rings. The highest BCUT2D eigenvalue weighted by molar-refractivity contribution is 5.25. The van der Waals surface area contributed by atoms with E-state index in [1.807, 2.05) is 6.92 Å². The molecule has 0 amide bonds. The molecule has 0 aliphatic heterocycles. The largest absolute Gasteiger partial charge is 0.407 e. The van der Waals surface area contributed by atoms with Gasteiger partial charge in [0.15, 0.2) is 0 Å². The molecule has 1 rings (SSSR count). The van der Waals surface area contributed by atoms with Crippen molar-refractivity contribution < 1.29 is 13.2 Å². The molecule has 0 spiro atoms. The van der Waals surface area contributed by atoms with Gasteiger partial charge in [-0.15, -0.1) is 0 Å². The van der Waals surface area contributed by atoms with Crippen molar-refractivity contribution in [3.8, 4) is 0 Å². The maximum absolute atomic E-state index is 12.6. The van der Waals surface area contributed by atoms with Gasteiger partial charge in [-0.25, -0.2) is 0 Å². The number of halogens is 3. The second-order valence-corrected chi connectivity index (χ2v) is 3.44. The quantitative estimate of drug-likeness (QED) is 0.819. The first-order valence-electron chi connectivity index (χ1n) is 4.81. The van der Waals surface area contributed by atoms with Crippen molar-refractivity contribution in [1.29, 1.82) is 0 Å². The molecule has 1 aromatic carbocycles. The summed E-state index contributed by atoms with van der Waals surface area (Å²) in [5, 5.41) is 2.43. The minimum atomic E-state index is -4.24. The van der Waals surface area contributed by atoms with Crippen LogP contribution in [0.2, 0.25) is 0 Å². The Labute approximate surface area is 87.3 Å².